The summed E-state index contributed by atoms with van der Waals surface area (Å²) in [5.74, 6) is 0.293. The third kappa shape index (κ3) is 3.82. The minimum absolute atomic E-state index is 0.0174. The quantitative estimate of drug-likeness (QED) is 0.906. The molecule has 24 heavy (non-hydrogen) atoms. The number of amides is 2. The molecule has 0 radical (unpaired) electrons. The van der Waals surface area contributed by atoms with Crippen LogP contribution in [-0.2, 0) is 9.59 Å². The van der Waals surface area contributed by atoms with E-state index >= 15 is 0 Å². The van der Waals surface area contributed by atoms with Crippen molar-refractivity contribution in [3.63, 3.8) is 0 Å². The number of hydrogen-bond donors (Lipinski definition) is 1. The number of nitrogens with one attached hydrogen (secondary N) is 1. The molecule has 1 aliphatic heterocycles. The van der Waals surface area contributed by atoms with Gasteiger partial charge in [0.25, 0.3) is 0 Å². The molecule has 1 fully saturated rings. The summed E-state index contributed by atoms with van der Waals surface area (Å²) in [5.41, 5.74) is 2.74. The maximum absolute atomic E-state index is 12.3. The van der Waals surface area contributed by atoms with Crippen LogP contribution in [0.25, 0.3) is 0 Å². The van der Waals surface area contributed by atoms with Crippen molar-refractivity contribution in [2.24, 2.45) is 0 Å². The highest BCUT2D eigenvalue weighted by atomic mass is 16.2. The van der Waals surface area contributed by atoms with Crippen molar-refractivity contribution >= 4 is 23.2 Å². The van der Waals surface area contributed by atoms with Crippen molar-refractivity contribution in [2.45, 2.75) is 32.1 Å². The van der Waals surface area contributed by atoms with Crippen LogP contribution in [0.15, 0.2) is 54.6 Å². The third-order valence-electron chi connectivity index (χ3n) is 4.38. The summed E-state index contributed by atoms with van der Waals surface area (Å²) in [6.07, 6.45) is 1.92. The van der Waals surface area contributed by atoms with Crippen LogP contribution in [0.1, 0.15) is 37.7 Å². The molecule has 0 aliphatic carbocycles. The van der Waals surface area contributed by atoms with Crippen LogP contribution in [0, 0.1) is 0 Å². The molecule has 1 aliphatic rings. The van der Waals surface area contributed by atoms with Crippen molar-refractivity contribution in [3.8, 4) is 0 Å². The molecular weight excluding hydrogens is 300 g/mol. The first-order valence-corrected chi connectivity index (χ1v) is 8.39. The van der Waals surface area contributed by atoms with E-state index in [1.54, 1.807) is 4.90 Å². The molecule has 3 rings (SSSR count). The molecule has 0 unspecified atom stereocenters. The fraction of sp³-hybridized carbons (Fsp3) is 0.300. The van der Waals surface area contributed by atoms with Gasteiger partial charge in [-0.1, -0.05) is 43.3 Å². The first kappa shape index (κ1) is 16.2. The summed E-state index contributed by atoms with van der Waals surface area (Å²) in [6, 6.07) is 17.5. The molecular formula is C20H22N2O2. The third-order valence-corrected chi connectivity index (χ3v) is 4.38. The lowest BCUT2D eigenvalue weighted by Crippen LogP contribution is -2.23. The molecule has 124 valence electrons. The number of nitrogens with zero attached hydrogens (tertiary/aromatic N) is 1. The SMILES string of the molecule is C[C@@H](CC(=O)Nc1cccc(N2CCCC2=O)c1)c1ccccc1. The molecule has 4 heteroatoms. The van der Waals surface area contributed by atoms with Crippen LogP contribution in [0.5, 0.6) is 0 Å². The standard InChI is InChI=1S/C20H22N2O2/c1-15(16-7-3-2-4-8-16)13-19(23)21-17-9-5-10-18(14-17)22-12-6-11-20(22)24/h2-5,7-10,14-15H,6,11-13H2,1H3,(H,21,23)/t15-/m0/s1. The predicted octanol–water partition coefficient (Wildman–Crippen LogP) is 3.95. The van der Waals surface area contributed by atoms with Gasteiger partial charge in [-0.2, -0.15) is 0 Å². The van der Waals surface area contributed by atoms with Gasteiger partial charge in [0.15, 0.2) is 0 Å². The van der Waals surface area contributed by atoms with Gasteiger partial charge >= 0.3 is 0 Å². The Kier molecular flexibility index (Phi) is 4.94. The van der Waals surface area contributed by atoms with Gasteiger partial charge in [-0.05, 0) is 36.1 Å². The van der Waals surface area contributed by atoms with Crippen LogP contribution in [0.2, 0.25) is 0 Å². The Morgan fingerprint density at radius 3 is 2.67 bits per heavy atom. The summed E-state index contributed by atoms with van der Waals surface area (Å²) >= 11 is 0. The van der Waals surface area contributed by atoms with Gasteiger partial charge in [0.1, 0.15) is 0 Å². The van der Waals surface area contributed by atoms with E-state index < -0.39 is 0 Å². The maximum atomic E-state index is 12.3. The summed E-state index contributed by atoms with van der Waals surface area (Å²) < 4.78 is 0. The van der Waals surface area contributed by atoms with Crippen molar-refractivity contribution in [1.82, 2.24) is 0 Å². The Morgan fingerprint density at radius 1 is 1.17 bits per heavy atom. The van der Waals surface area contributed by atoms with E-state index in [9.17, 15) is 9.59 Å². The summed E-state index contributed by atoms with van der Waals surface area (Å²) in [5, 5.41) is 2.94. The highest BCUT2D eigenvalue weighted by molar-refractivity contribution is 5.97. The fourth-order valence-corrected chi connectivity index (χ4v) is 3.06. The summed E-state index contributed by atoms with van der Waals surface area (Å²) in [7, 11) is 0. The summed E-state index contributed by atoms with van der Waals surface area (Å²) in [4.78, 5) is 25.9. The largest absolute Gasteiger partial charge is 0.326 e. The highest BCUT2D eigenvalue weighted by Crippen LogP contribution is 2.25. The number of hydrogen-bond acceptors (Lipinski definition) is 2. The molecule has 0 aromatic heterocycles. The van der Waals surface area contributed by atoms with Crippen molar-refractivity contribution in [2.75, 3.05) is 16.8 Å². The molecule has 0 spiro atoms. The highest BCUT2D eigenvalue weighted by Gasteiger charge is 2.21. The van der Waals surface area contributed by atoms with E-state index in [1.165, 1.54) is 0 Å². The number of carbonyl (C=O) groups excluding carboxylic acids is 2. The van der Waals surface area contributed by atoms with E-state index in [-0.39, 0.29) is 17.7 Å². The van der Waals surface area contributed by atoms with Gasteiger partial charge in [0.2, 0.25) is 11.8 Å². The topological polar surface area (TPSA) is 49.4 Å². The Labute approximate surface area is 142 Å². The Balaban J connectivity index is 1.63. The van der Waals surface area contributed by atoms with Crippen molar-refractivity contribution < 1.29 is 9.59 Å². The van der Waals surface area contributed by atoms with Crippen LogP contribution in [0.4, 0.5) is 11.4 Å². The smallest absolute Gasteiger partial charge is 0.227 e. The second-order valence-electron chi connectivity index (χ2n) is 6.26. The zero-order valence-corrected chi connectivity index (χ0v) is 13.9. The Morgan fingerprint density at radius 2 is 1.96 bits per heavy atom. The molecule has 1 heterocycles. The minimum Gasteiger partial charge on any atom is -0.326 e. The molecule has 0 saturated carbocycles. The molecule has 1 N–H and O–H groups in total. The van der Waals surface area contributed by atoms with Crippen LogP contribution < -0.4 is 10.2 Å². The first-order chi connectivity index (χ1) is 11.6. The number of rotatable bonds is 5. The molecule has 2 amide bonds. The second kappa shape index (κ2) is 7.30. The maximum Gasteiger partial charge on any atom is 0.227 e. The molecule has 1 atom stereocenters. The lowest BCUT2D eigenvalue weighted by Gasteiger charge is -2.17. The van der Waals surface area contributed by atoms with Crippen LogP contribution >= 0.6 is 0 Å². The van der Waals surface area contributed by atoms with Gasteiger partial charge < -0.3 is 10.2 Å². The minimum atomic E-state index is -0.0174. The molecule has 2 aromatic carbocycles. The number of carbonyl (C=O) groups is 2. The van der Waals surface area contributed by atoms with Crippen LogP contribution in [0.3, 0.4) is 0 Å². The van der Waals surface area contributed by atoms with Crippen LogP contribution in [-0.4, -0.2) is 18.4 Å². The Bertz CT molecular complexity index is 727. The molecule has 4 nitrogen and oxygen atoms in total. The van der Waals surface area contributed by atoms with Crippen molar-refractivity contribution in [1.29, 1.82) is 0 Å². The van der Waals surface area contributed by atoms with Gasteiger partial charge in [-0.25, -0.2) is 0 Å². The zero-order valence-electron chi connectivity index (χ0n) is 13.9. The van der Waals surface area contributed by atoms with E-state index in [4.69, 9.17) is 0 Å². The monoisotopic (exact) mass is 322 g/mol. The van der Waals surface area contributed by atoms with E-state index in [2.05, 4.69) is 5.32 Å². The normalized spacial score (nSPS) is 15.4. The van der Waals surface area contributed by atoms with Gasteiger partial charge in [0.05, 0.1) is 0 Å². The van der Waals surface area contributed by atoms with Crippen molar-refractivity contribution in [3.05, 3.63) is 60.2 Å². The van der Waals surface area contributed by atoms with Gasteiger partial charge in [0, 0.05) is 30.8 Å². The van der Waals surface area contributed by atoms with Gasteiger partial charge in [-0.3, -0.25) is 9.59 Å². The number of benzene rings is 2. The molecule has 1 saturated heterocycles. The van der Waals surface area contributed by atoms with Gasteiger partial charge in [-0.15, -0.1) is 0 Å². The first-order valence-electron chi connectivity index (χ1n) is 8.39. The van der Waals surface area contributed by atoms with E-state index in [0.717, 1.165) is 29.9 Å². The molecule has 0 bridgehead atoms. The Hall–Kier alpha value is -2.62. The predicted molar refractivity (Wildman–Crippen MR) is 96.1 cm³/mol. The average Bonchev–Trinajstić information content (AvgIpc) is 3.02. The van der Waals surface area contributed by atoms with E-state index in [1.807, 2.05) is 61.5 Å². The fourth-order valence-electron chi connectivity index (χ4n) is 3.06. The number of anilines is 2. The lowest BCUT2D eigenvalue weighted by molar-refractivity contribution is -0.117. The zero-order chi connectivity index (χ0) is 16.9. The lowest BCUT2D eigenvalue weighted by atomic mass is 9.97. The average molecular weight is 322 g/mol. The molecule has 2 aromatic rings. The second-order valence-corrected chi connectivity index (χ2v) is 6.26. The summed E-state index contributed by atoms with van der Waals surface area (Å²) in [6.45, 7) is 2.80. The van der Waals surface area contributed by atoms with E-state index in [0.29, 0.717) is 12.8 Å².